The fourth-order valence-corrected chi connectivity index (χ4v) is 4.77. The van der Waals surface area contributed by atoms with E-state index in [0.29, 0.717) is 17.8 Å². The van der Waals surface area contributed by atoms with Gasteiger partial charge in [-0.2, -0.15) is 11.8 Å². The van der Waals surface area contributed by atoms with Crippen molar-refractivity contribution in [1.82, 2.24) is 4.72 Å². The molecule has 0 saturated carbocycles. The number of aryl methyl sites for hydroxylation is 1. The minimum Gasteiger partial charge on any atom is -0.398 e. The first-order valence-corrected chi connectivity index (χ1v) is 9.84. The van der Waals surface area contributed by atoms with Gasteiger partial charge in [0.05, 0.1) is 5.69 Å². The molecule has 0 unspecified atom stereocenters. The van der Waals surface area contributed by atoms with E-state index in [1.165, 1.54) is 0 Å². The van der Waals surface area contributed by atoms with Gasteiger partial charge in [0.2, 0.25) is 10.0 Å². The molecule has 0 aliphatic rings. The standard InChI is InChI=1S/C15H26N2O2S2/c1-6-15(7-2,20-5)10-17-21(18,19)14-12(4)11(3)8-9-13(14)16/h8-9,17H,6-7,10,16H2,1-5H3. The average molecular weight is 331 g/mol. The summed E-state index contributed by atoms with van der Waals surface area (Å²) in [7, 11) is -3.60. The second kappa shape index (κ2) is 7.03. The van der Waals surface area contributed by atoms with Gasteiger partial charge >= 0.3 is 0 Å². The monoisotopic (exact) mass is 330 g/mol. The largest absolute Gasteiger partial charge is 0.398 e. The number of nitrogens with one attached hydrogen (secondary N) is 1. The molecule has 0 atom stereocenters. The van der Waals surface area contributed by atoms with Gasteiger partial charge in [-0.25, -0.2) is 13.1 Å². The number of thioether (sulfide) groups is 1. The van der Waals surface area contributed by atoms with Gasteiger partial charge in [0.25, 0.3) is 0 Å². The normalized spacial score (nSPS) is 12.6. The van der Waals surface area contributed by atoms with E-state index in [2.05, 4.69) is 18.6 Å². The number of hydrogen-bond donors (Lipinski definition) is 2. The van der Waals surface area contributed by atoms with E-state index in [0.717, 1.165) is 18.4 Å². The zero-order chi connectivity index (χ0) is 16.3. The summed E-state index contributed by atoms with van der Waals surface area (Å²) in [4.78, 5) is 0.213. The van der Waals surface area contributed by atoms with Crippen molar-refractivity contribution in [1.29, 1.82) is 0 Å². The lowest BCUT2D eigenvalue weighted by Gasteiger charge is -2.30. The highest BCUT2D eigenvalue weighted by atomic mass is 32.2. The minimum absolute atomic E-state index is 0.0699. The number of rotatable bonds is 7. The molecule has 0 radical (unpaired) electrons. The first-order valence-electron chi connectivity index (χ1n) is 7.13. The predicted molar refractivity (Wildman–Crippen MR) is 92.3 cm³/mol. The molecule has 120 valence electrons. The van der Waals surface area contributed by atoms with Crippen LogP contribution in [0.2, 0.25) is 0 Å². The molecule has 6 heteroatoms. The number of nitrogen functional groups attached to an aromatic ring is 1. The van der Waals surface area contributed by atoms with Crippen molar-refractivity contribution in [2.24, 2.45) is 0 Å². The van der Waals surface area contributed by atoms with Gasteiger partial charge in [0, 0.05) is 11.3 Å². The Balaban J connectivity index is 3.12. The Kier molecular flexibility index (Phi) is 6.13. The summed E-state index contributed by atoms with van der Waals surface area (Å²) < 4.78 is 27.9. The number of anilines is 1. The van der Waals surface area contributed by atoms with Crippen LogP contribution in [0, 0.1) is 13.8 Å². The van der Waals surface area contributed by atoms with Gasteiger partial charge in [-0.3, -0.25) is 0 Å². The van der Waals surface area contributed by atoms with E-state index >= 15 is 0 Å². The second-order valence-corrected chi connectivity index (χ2v) is 8.32. The van der Waals surface area contributed by atoms with Gasteiger partial charge in [-0.15, -0.1) is 0 Å². The number of hydrogen-bond acceptors (Lipinski definition) is 4. The summed E-state index contributed by atoms with van der Waals surface area (Å²) in [6, 6.07) is 3.49. The molecule has 1 rings (SSSR count). The highest BCUT2D eigenvalue weighted by molar-refractivity contribution is 8.00. The smallest absolute Gasteiger partial charge is 0.242 e. The molecular weight excluding hydrogens is 304 g/mol. The van der Waals surface area contributed by atoms with Crippen LogP contribution in [0.3, 0.4) is 0 Å². The van der Waals surface area contributed by atoms with Gasteiger partial charge in [-0.1, -0.05) is 19.9 Å². The van der Waals surface area contributed by atoms with Crippen molar-refractivity contribution in [2.45, 2.75) is 50.2 Å². The molecule has 0 spiro atoms. The Morgan fingerprint density at radius 3 is 2.29 bits per heavy atom. The summed E-state index contributed by atoms with van der Waals surface area (Å²) in [5.74, 6) is 0. The van der Waals surface area contributed by atoms with E-state index in [1.807, 2.05) is 19.2 Å². The van der Waals surface area contributed by atoms with Crippen molar-refractivity contribution >= 4 is 27.5 Å². The van der Waals surface area contributed by atoms with Crippen LogP contribution in [-0.2, 0) is 10.0 Å². The number of sulfonamides is 1. The molecule has 0 fully saturated rings. The van der Waals surface area contributed by atoms with Crippen LogP contribution in [0.1, 0.15) is 37.8 Å². The molecule has 1 aromatic carbocycles. The summed E-state index contributed by atoms with van der Waals surface area (Å²) in [6.07, 6.45) is 3.85. The second-order valence-electron chi connectivity index (χ2n) is 5.34. The van der Waals surface area contributed by atoms with Crippen molar-refractivity contribution in [3.63, 3.8) is 0 Å². The minimum atomic E-state index is -3.60. The molecule has 0 aromatic heterocycles. The molecule has 3 N–H and O–H groups in total. The Bertz CT molecular complexity index is 586. The Morgan fingerprint density at radius 1 is 1.24 bits per heavy atom. The fraction of sp³-hybridized carbons (Fsp3) is 0.600. The lowest BCUT2D eigenvalue weighted by Crippen LogP contribution is -2.40. The summed E-state index contributed by atoms with van der Waals surface area (Å²) >= 11 is 1.71. The Morgan fingerprint density at radius 2 is 1.81 bits per heavy atom. The molecule has 21 heavy (non-hydrogen) atoms. The molecule has 0 aliphatic heterocycles. The van der Waals surface area contributed by atoms with Crippen LogP contribution in [0.15, 0.2) is 17.0 Å². The van der Waals surface area contributed by atoms with Crippen molar-refractivity contribution in [3.05, 3.63) is 23.3 Å². The summed E-state index contributed by atoms with van der Waals surface area (Å²) in [5, 5.41) is 0. The van der Waals surface area contributed by atoms with Gasteiger partial charge < -0.3 is 5.73 Å². The third kappa shape index (κ3) is 3.93. The average Bonchev–Trinajstić information content (AvgIpc) is 2.45. The first-order chi connectivity index (χ1) is 9.73. The van der Waals surface area contributed by atoms with E-state index in [-0.39, 0.29) is 9.64 Å². The first kappa shape index (κ1) is 18.3. The van der Waals surface area contributed by atoms with Crippen LogP contribution >= 0.6 is 11.8 Å². The number of nitrogens with two attached hydrogens (primary N) is 1. The zero-order valence-corrected chi connectivity index (χ0v) is 15.1. The predicted octanol–water partition coefficient (Wildman–Crippen LogP) is 3.09. The molecular formula is C15H26N2O2S2. The quantitative estimate of drug-likeness (QED) is 0.754. The molecule has 0 heterocycles. The van der Waals surface area contributed by atoms with E-state index in [9.17, 15) is 8.42 Å². The third-order valence-corrected chi connectivity index (χ3v) is 7.47. The van der Waals surface area contributed by atoms with Gasteiger partial charge in [0.15, 0.2) is 0 Å². The zero-order valence-electron chi connectivity index (χ0n) is 13.5. The maximum Gasteiger partial charge on any atom is 0.242 e. The fourth-order valence-electron chi connectivity index (χ4n) is 2.33. The Labute approximate surface area is 132 Å². The molecule has 0 amide bonds. The van der Waals surface area contributed by atoms with Crippen LogP contribution < -0.4 is 10.5 Å². The molecule has 0 aliphatic carbocycles. The van der Waals surface area contributed by atoms with E-state index in [1.54, 1.807) is 24.8 Å². The number of benzene rings is 1. The van der Waals surface area contributed by atoms with Crippen LogP contribution in [-0.4, -0.2) is 26.0 Å². The van der Waals surface area contributed by atoms with E-state index in [4.69, 9.17) is 5.73 Å². The molecule has 0 saturated heterocycles. The molecule has 4 nitrogen and oxygen atoms in total. The van der Waals surface area contributed by atoms with Crippen LogP contribution in [0.25, 0.3) is 0 Å². The maximum atomic E-state index is 12.6. The summed E-state index contributed by atoms with van der Waals surface area (Å²) in [5.41, 5.74) is 7.82. The highest BCUT2D eigenvalue weighted by Crippen LogP contribution is 2.31. The lowest BCUT2D eigenvalue weighted by atomic mass is 10.0. The van der Waals surface area contributed by atoms with Crippen molar-refractivity contribution in [3.8, 4) is 0 Å². The Hall–Kier alpha value is -0.720. The van der Waals surface area contributed by atoms with Gasteiger partial charge in [-0.05, 0) is 50.1 Å². The maximum absolute atomic E-state index is 12.6. The van der Waals surface area contributed by atoms with E-state index < -0.39 is 10.0 Å². The van der Waals surface area contributed by atoms with Crippen LogP contribution in [0.5, 0.6) is 0 Å². The van der Waals surface area contributed by atoms with Crippen LogP contribution in [0.4, 0.5) is 5.69 Å². The topological polar surface area (TPSA) is 72.2 Å². The lowest BCUT2D eigenvalue weighted by molar-refractivity contribution is 0.522. The SMILES string of the molecule is CCC(CC)(CNS(=O)(=O)c1c(N)ccc(C)c1C)SC. The van der Waals surface area contributed by atoms with Crippen molar-refractivity contribution < 1.29 is 8.42 Å². The molecule has 0 bridgehead atoms. The highest BCUT2D eigenvalue weighted by Gasteiger charge is 2.29. The summed E-state index contributed by atoms with van der Waals surface area (Å²) in [6.45, 7) is 8.26. The molecule has 1 aromatic rings. The van der Waals surface area contributed by atoms with Gasteiger partial charge in [0.1, 0.15) is 4.90 Å². The third-order valence-electron chi connectivity index (χ3n) is 4.28. The van der Waals surface area contributed by atoms with Crippen molar-refractivity contribution in [2.75, 3.05) is 18.5 Å².